The lowest BCUT2D eigenvalue weighted by Crippen LogP contribution is -2.43. The first-order valence-electron chi connectivity index (χ1n) is 6.97. The highest BCUT2D eigenvalue weighted by Gasteiger charge is 2.48. The van der Waals surface area contributed by atoms with Gasteiger partial charge < -0.3 is 9.47 Å². The first-order chi connectivity index (χ1) is 9.60. The van der Waals surface area contributed by atoms with Gasteiger partial charge in [-0.15, -0.1) is 11.3 Å². The minimum Gasteiger partial charge on any atom is -0.465 e. The summed E-state index contributed by atoms with van der Waals surface area (Å²) in [5, 5.41) is 1.93. The van der Waals surface area contributed by atoms with E-state index in [0.717, 1.165) is 4.88 Å². The summed E-state index contributed by atoms with van der Waals surface area (Å²) in [4.78, 5) is 25.7. The van der Waals surface area contributed by atoms with Gasteiger partial charge in [-0.05, 0) is 31.7 Å². The van der Waals surface area contributed by atoms with Crippen LogP contribution in [0.1, 0.15) is 38.5 Å². The Morgan fingerprint density at radius 1 is 1.15 bits per heavy atom. The Morgan fingerprint density at radius 3 is 2.15 bits per heavy atom. The van der Waals surface area contributed by atoms with E-state index < -0.39 is 17.4 Å². The smallest absolute Gasteiger partial charge is 0.323 e. The molecule has 1 heterocycles. The first-order valence-corrected chi connectivity index (χ1v) is 7.85. The maximum absolute atomic E-state index is 12.4. The Bertz CT molecular complexity index is 407. The maximum atomic E-state index is 12.4. The molecule has 0 amide bonds. The van der Waals surface area contributed by atoms with Crippen LogP contribution in [0.2, 0.25) is 0 Å². The summed E-state index contributed by atoms with van der Waals surface area (Å²) in [6.45, 7) is 5.94. The van der Waals surface area contributed by atoms with Gasteiger partial charge in [0.15, 0.2) is 5.41 Å². The third-order valence-electron chi connectivity index (χ3n) is 3.07. The van der Waals surface area contributed by atoms with E-state index in [1.54, 1.807) is 13.8 Å². The maximum Gasteiger partial charge on any atom is 0.323 e. The fourth-order valence-electron chi connectivity index (χ4n) is 2.20. The molecule has 20 heavy (non-hydrogen) atoms. The molecule has 0 saturated heterocycles. The highest BCUT2D eigenvalue weighted by molar-refractivity contribution is 7.09. The molecule has 0 spiro atoms. The van der Waals surface area contributed by atoms with Gasteiger partial charge in [-0.1, -0.05) is 19.4 Å². The SMILES string of the molecule is CCCC(Cc1cccs1)(C(=O)OCC)C(=O)OCC. The predicted molar refractivity (Wildman–Crippen MR) is 78.6 cm³/mol. The molecular weight excluding hydrogens is 276 g/mol. The second kappa shape index (κ2) is 8.04. The lowest BCUT2D eigenvalue weighted by molar-refractivity contribution is -0.172. The predicted octanol–water partition coefficient (Wildman–Crippen LogP) is 3.20. The van der Waals surface area contributed by atoms with Crippen molar-refractivity contribution in [1.29, 1.82) is 0 Å². The third-order valence-corrected chi connectivity index (χ3v) is 3.94. The molecule has 0 bridgehead atoms. The summed E-state index contributed by atoms with van der Waals surface area (Å²) in [6.07, 6.45) is 1.49. The van der Waals surface area contributed by atoms with Crippen molar-refractivity contribution in [2.75, 3.05) is 13.2 Å². The number of esters is 2. The molecule has 0 aliphatic rings. The quantitative estimate of drug-likeness (QED) is 0.546. The molecule has 5 heteroatoms. The molecular formula is C15H22O4S. The minimum atomic E-state index is -1.22. The van der Waals surface area contributed by atoms with Crippen molar-refractivity contribution in [3.63, 3.8) is 0 Å². The Kier molecular flexibility index (Phi) is 6.71. The van der Waals surface area contributed by atoms with Crippen LogP contribution in [0.15, 0.2) is 17.5 Å². The van der Waals surface area contributed by atoms with Crippen molar-refractivity contribution in [2.24, 2.45) is 5.41 Å². The highest BCUT2D eigenvalue weighted by atomic mass is 32.1. The molecule has 0 atom stereocenters. The summed E-state index contributed by atoms with van der Waals surface area (Å²) in [5.41, 5.74) is -1.22. The highest BCUT2D eigenvalue weighted by Crippen LogP contribution is 2.34. The number of carbonyl (C=O) groups excluding carboxylic acids is 2. The molecule has 0 unspecified atom stereocenters. The first kappa shape index (κ1) is 16.7. The summed E-state index contributed by atoms with van der Waals surface area (Å²) >= 11 is 1.53. The number of thiophene rings is 1. The normalized spacial score (nSPS) is 11.2. The fraction of sp³-hybridized carbons (Fsp3) is 0.600. The molecule has 0 N–H and O–H groups in total. The van der Waals surface area contributed by atoms with E-state index in [9.17, 15) is 9.59 Å². The number of hydrogen-bond donors (Lipinski definition) is 0. The summed E-state index contributed by atoms with van der Waals surface area (Å²) in [7, 11) is 0. The van der Waals surface area contributed by atoms with Crippen molar-refractivity contribution in [3.8, 4) is 0 Å². The van der Waals surface area contributed by atoms with Gasteiger partial charge in [-0.3, -0.25) is 9.59 Å². The van der Waals surface area contributed by atoms with E-state index in [2.05, 4.69) is 0 Å². The van der Waals surface area contributed by atoms with E-state index in [4.69, 9.17) is 9.47 Å². The lowest BCUT2D eigenvalue weighted by Gasteiger charge is -2.28. The number of rotatable bonds is 8. The van der Waals surface area contributed by atoms with Crippen LogP contribution in [0.25, 0.3) is 0 Å². The van der Waals surface area contributed by atoms with E-state index in [1.807, 2.05) is 24.4 Å². The largest absolute Gasteiger partial charge is 0.465 e. The Labute approximate surface area is 124 Å². The molecule has 1 aromatic rings. The molecule has 0 aromatic carbocycles. The molecule has 0 aliphatic carbocycles. The zero-order chi connectivity index (χ0) is 15.0. The van der Waals surface area contributed by atoms with Crippen LogP contribution >= 0.6 is 11.3 Å². The Morgan fingerprint density at radius 2 is 1.75 bits per heavy atom. The third kappa shape index (κ3) is 3.82. The number of ether oxygens (including phenoxy) is 2. The number of carbonyl (C=O) groups is 2. The van der Waals surface area contributed by atoms with Gasteiger partial charge in [0.2, 0.25) is 0 Å². The van der Waals surface area contributed by atoms with Crippen LogP contribution in [-0.2, 0) is 25.5 Å². The van der Waals surface area contributed by atoms with Crippen molar-refractivity contribution < 1.29 is 19.1 Å². The topological polar surface area (TPSA) is 52.6 Å². The molecule has 112 valence electrons. The lowest BCUT2D eigenvalue weighted by atomic mass is 9.79. The minimum absolute atomic E-state index is 0.258. The van der Waals surface area contributed by atoms with Crippen LogP contribution in [0.5, 0.6) is 0 Å². The zero-order valence-corrected chi connectivity index (χ0v) is 13.1. The second-order valence-electron chi connectivity index (χ2n) is 4.53. The summed E-state index contributed by atoms with van der Waals surface area (Å²) in [6, 6.07) is 3.83. The average Bonchev–Trinajstić information content (AvgIpc) is 2.91. The van der Waals surface area contributed by atoms with Crippen LogP contribution in [0.3, 0.4) is 0 Å². The Balaban J connectivity index is 3.10. The molecule has 1 aromatic heterocycles. The monoisotopic (exact) mass is 298 g/mol. The van der Waals surface area contributed by atoms with Gasteiger partial charge in [0.25, 0.3) is 0 Å². The second-order valence-corrected chi connectivity index (χ2v) is 5.56. The molecule has 0 aliphatic heterocycles. The van der Waals surface area contributed by atoms with Crippen molar-refractivity contribution in [1.82, 2.24) is 0 Å². The van der Waals surface area contributed by atoms with Crippen LogP contribution in [0.4, 0.5) is 0 Å². The van der Waals surface area contributed by atoms with E-state index >= 15 is 0 Å². The van der Waals surface area contributed by atoms with Crippen LogP contribution < -0.4 is 0 Å². The Hall–Kier alpha value is -1.36. The van der Waals surface area contributed by atoms with E-state index in [0.29, 0.717) is 19.3 Å². The molecule has 4 nitrogen and oxygen atoms in total. The van der Waals surface area contributed by atoms with Gasteiger partial charge >= 0.3 is 11.9 Å². The van der Waals surface area contributed by atoms with Crippen molar-refractivity contribution in [3.05, 3.63) is 22.4 Å². The van der Waals surface area contributed by atoms with Gasteiger partial charge in [-0.2, -0.15) is 0 Å². The standard InChI is InChI=1S/C15H22O4S/c1-4-9-15(13(16)18-5-2,14(17)19-6-3)11-12-8-7-10-20-12/h7-8,10H,4-6,9,11H2,1-3H3. The van der Waals surface area contributed by atoms with Crippen LogP contribution in [-0.4, -0.2) is 25.2 Å². The average molecular weight is 298 g/mol. The fourth-order valence-corrected chi connectivity index (χ4v) is 3.01. The molecule has 0 radical (unpaired) electrons. The van der Waals surface area contributed by atoms with Crippen molar-refractivity contribution in [2.45, 2.75) is 40.0 Å². The van der Waals surface area contributed by atoms with Gasteiger partial charge in [0.1, 0.15) is 0 Å². The van der Waals surface area contributed by atoms with Crippen molar-refractivity contribution >= 4 is 23.3 Å². The molecule has 0 fully saturated rings. The number of hydrogen-bond acceptors (Lipinski definition) is 5. The summed E-state index contributed by atoms with van der Waals surface area (Å²) in [5.74, 6) is -0.956. The van der Waals surface area contributed by atoms with E-state index in [-0.39, 0.29) is 13.2 Å². The van der Waals surface area contributed by atoms with Crippen LogP contribution in [0, 0.1) is 5.41 Å². The molecule has 1 rings (SSSR count). The summed E-state index contributed by atoms with van der Waals surface area (Å²) < 4.78 is 10.3. The molecule has 0 saturated carbocycles. The zero-order valence-electron chi connectivity index (χ0n) is 12.3. The van der Waals surface area contributed by atoms with Gasteiger partial charge in [0, 0.05) is 11.3 Å². The van der Waals surface area contributed by atoms with E-state index in [1.165, 1.54) is 11.3 Å². The van der Waals surface area contributed by atoms with Gasteiger partial charge in [-0.25, -0.2) is 0 Å². The van der Waals surface area contributed by atoms with Gasteiger partial charge in [0.05, 0.1) is 13.2 Å².